The Balaban J connectivity index is 2.37. The maximum Gasteiger partial charge on any atom is 0.251 e. The molecule has 18 heavy (non-hydrogen) atoms. The first-order valence-electron chi connectivity index (χ1n) is 7.03. The monoisotopic (exact) mass is 247 g/mol. The van der Waals surface area contributed by atoms with Gasteiger partial charge in [0.25, 0.3) is 5.91 Å². The molecule has 2 heteroatoms. The molecule has 0 atom stereocenters. The summed E-state index contributed by atoms with van der Waals surface area (Å²) >= 11 is 0. The van der Waals surface area contributed by atoms with Crippen molar-refractivity contribution in [3.8, 4) is 0 Å². The van der Waals surface area contributed by atoms with Crippen LogP contribution in [0.2, 0.25) is 0 Å². The van der Waals surface area contributed by atoms with E-state index < -0.39 is 0 Å². The number of amides is 1. The van der Waals surface area contributed by atoms with Crippen LogP contribution in [0.5, 0.6) is 0 Å². The normalized spacial score (nSPS) is 10.7. The molecule has 0 radical (unpaired) electrons. The molecule has 0 aromatic heterocycles. The third-order valence-corrected chi connectivity index (χ3v) is 3.16. The van der Waals surface area contributed by atoms with E-state index in [1.165, 1.54) is 24.8 Å². The van der Waals surface area contributed by atoms with Gasteiger partial charge in [0.1, 0.15) is 0 Å². The minimum absolute atomic E-state index is 0.0433. The van der Waals surface area contributed by atoms with Crippen molar-refractivity contribution in [1.29, 1.82) is 0 Å². The Morgan fingerprint density at radius 1 is 1.11 bits per heavy atom. The molecule has 0 fully saturated rings. The molecule has 0 spiro atoms. The van der Waals surface area contributed by atoms with Crippen molar-refractivity contribution in [1.82, 2.24) is 5.32 Å². The Kier molecular flexibility index (Phi) is 6.48. The first-order chi connectivity index (χ1) is 8.65. The summed E-state index contributed by atoms with van der Waals surface area (Å²) in [6, 6.07) is 7.90. The number of rotatable bonds is 7. The number of unbranched alkanes of at least 4 members (excludes halogenated alkanes) is 3. The van der Waals surface area contributed by atoms with Crippen LogP contribution in [0.3, 0.4) is 0 Å². The number of carbonyl (C=O) groups excluding carboxylic acids is 1. The Hall–Kier alpha value is -1.31. The zero-order chi connectivity index (χ0) is 13.4. The highest BCUT2D eigenvalue weighted by Gasteiger charge is 2.05. The van der Waals surface area contributed by atoms with Crippen LogP contribution >= 0.6 is 0 Å². The summed E-state index contributed by atoms with van der Waals surface area (Å²) < 4.78 is 0. The molecule has 1 aromatic rings. The molecule has 1 rings (SSSR count). The van der Waals surface area contributed by atoms with Gasteiger partial charge in [-0.1, -0.05) is 52.2 Å². The molecular formula is C16H25NO. The zero-order valence-electron chi connectivity index (χ0n) is 11.8. The van der Waals surface area contributed by atoms with Crippen molar-refractivity contribution in [2.24, 2.45) is 0 Å². The van der Waals surface area contributed by atoms with Gasteiger partial charge in [-0.05, 0) is 30.0 Å². The first-order valence-corrected chi connectivity index (χ1v) is 7.03. The van der Waals surface area contributed by atoms with Crippen LogP contribution in [0.15, 0.2) is 24.3 Å². The van der Waals surface area contributed by atoms with Gasteiger partial charge < -0.3 is 5.32 Å². The van der Waals surface area contributed by atoms with Crippen LogP contribution in [0.1, 0.15) is 68.3 Å². The van der Waals surface area contributed by atoms with E-state index in [-0.39, 0.29) is 5.91 Å². The van der Waals surface area contributed by atoms with Crippen LogP contribution in [-0.4, -0.2) is 12.5 Å². The lowest BCUT2D eigenvalue weighted by Gasteiger charge is -2.08. The second-order valence-corrected chi connectivity index (χ2v) is 5.09. The van der Waals surface area contributed by atoms with E-state index in [2.05, 4.69) is 26.1 Å². The predicted octanol–water partition coefficient (Wildman–Crippen LogP) is 4.12. The quantitative estimate of drug-likeness (QED) is 0.721. The minimum atomic E-state index is 0.0433. The van der Waals surface area contributed by atoms with Crippen LogP contribution in [-0.2, 0) is 0 Å². The fourth-order valence-corrected chi connectivity index (χ4v) is 1.88. The van der Waals surface area contributed by atoms with E-state index in [9.17, 15) is 4.79 Å². The van der Waals surface area contributed by atoms with Gasteiger partial charge in [-0.2, -0.15) is 0 Å². The van der Waals surface area contributed by atoms with Gasteiger partial charge in [0.15, 0.2) is 0 Å². The van der Waals surface area contributed by atoms with Crippen molar-refractivity contribution in [3.63, 3.8) is 0 Å². The topological polar surface area (TPSA) is 29.1 Å². The summed E-state index contributed by atoms with van der Waals surface area (Å²) in [6.45, 7) is 7.28. The molecular weight excluding hydrogens is 222 g/mol. The number of carbonyl (C=O) groups is 1. The Morgan fingerprint density at radius 2 is 1.78 bits per heavy atom. The van der Waals surface area contributed by atoms with Gasteiger partial charge >= 0.3 is 0 Å². The fraction of sp³-hybridized carbons (Fsp3) is 0.562. The van der Waals surface area contributed by atoms with Crippen molar-refractivity contribution in [3.05, 3.63) is 35.4 Å². The van der Waals surface area contributed by atoms with Crippen LogP contribution in [0, 0.1) is 0 Å². The summed E-state index contributed by atoms with van der Waals surface area (Å²) in [5.41, 5.74) is 2.03. The average Bonchev–Trinajstić information content (AvgIpc) is 2.38. The Labute approximate surface area is 111 Å². The molecule has 1 aromatic carbocycles. The molecule has 0 heterocycles. The molecule has 0 aliphatic carbocycles. The standard InChI is InChI=1S/C16H25NO/c1-4-5-6-7-12-17-16(18)15-10-8-14(9-11-15)13(2)3/h8-11,13H,4-7,12H2,1-3H3,(H,17,18). The molecule has 100 valence electrons. The van der Waals surface area contributed by atoms with Crippen LogP contribution in [0.25, 0.3) is 0 Å². The van der Waals surface area contributed by atoms with Gasteiger partial charge in [0, 0.05) is 12.1 Å². The van der Waals surface area contributed by atoms with Crippen molar-refractivity contribution in [2.75, 3.05) is 6.54 Å². The van der Waals surface area contributed by atoms with E-state index in [0.29, 0.717) is 5.92 Å². The summed E-state index contributed by atoms with van der Waals surface area (Å²) in [5.74, 6) is 0.554. The summed E-state index contributed by atoms with van der Waals surface area (Å²) in [7, 11) is 0. The average molecular weight is 247 g/mol. The van der Waals surface area contributed by atoms with E-state index in [1.807, 2.05) is 24.3 Å². The highest BCUT2D eigenvalue weighted by molar-refractivity contribution is 5.94. The summed E-state index contributed by atoms with van der Waals surface area (Å²) in [6.07, 6.45) is 4.75. The highest BCUT2D eigenvalue weighted by Crippen LogP contribution is 2.14. The maximum absolute atomic E-state index is 11.8. The molecule has 0 saturated carbocycles. The second-order valence-electron chi connectivity index (χ2n) is 5.09. The van der Waals surface area contributed by atoms with Gasteiger partial charge in [-0.3, -0.25) is 4.79 Å². The molecule has 1 amide bonds. The fourth-order valence-electron chi connectivity index (χ4n) is 1.88. The van der Waals surface area contributed by atoms with Gasteiger partial charge in [0.05, 0.1) is 0 Å². The third-order valence-electron chi connectivity index (χ3n) is 3.16. The van der Waals surface area contributed by atoms with E-state index in [4.69, 9.17) is 0 Å². The van der Waals surface area contributed by atoms with Gasteiger partial charge in [-0.25, -0.2) is 0 Å². The summed E-state index contributed by atoms with van der Waals surface area (Å²) in [5, 5.41) is 2.97. The largest absolute Gasteiger partial charge is 0.352 e. The molecule has 2 nitrogen and oxygen atoms in total. The van der Waals surface area contributed by atoms with Crippen molar-refractivity contribution >= 4 is 5.91 Å². The Bertz CT molecular complexity index is 354. The number of hydrogen-bond donors (Lipinski definition) is 1. The molecule has 0 bridgehead atoms. The highest BCUT2D eigenvalue weighted by atomic mass is 16.1. The molecule has 0 aliphatic heterocycles. The van der Waals surface area contributed by atoms with Crippen molar-refractivity contribution < 1.29 is 4.79 Å². The van der Waals surface area contributed by atoms with E-state index >= 15 is 0 Å². The van der Waals surface area contributed by atoms with Gasteiger partial charge in [0.2, 0.25) is 0 Å². The number of hydrogen-bond acceptors (Lipinski definition) is 1. The smallest absolute Gasteiger partial charge is 0.251 e. The van der Waals surface area contributed by atoms with Crippen LogP contribution in [0.4, 0.5) is 0 Å². The first kappa shape index (κ1) is 14.7. The second kappa shape index (κ2) is 7.91. The van der Waals surface area contributed by atoms with Crippen molar-refractivity contribution in [2.45, 2.75) is 52.4 Å². The van der Waals surface area contributed by atoms with E-state index in [1.54, 1.807) is 0 Å². The SMILES string of the molecule is CCCCCCNC(=O)c1ccc(C(C)C)cc1. The van der Waals surface area contributed by atoms with Gasteiger partial charge in [-0.15, -0.1) is 0 Å². The van der Waals surface area contributed by atoms with E-state index in [0.717, 1.165) is 18.5 Å². The number of nitrogens with one attached hydrogen (secondary N) is 1. The minimum Gasteiger partial charge on any atom is -0.352 e. The third kappa shape index (κ3) is 4.91. The lowest BCUT2D eigenvalue weighted by Crippen LogP contribution is -2.24. The predicted molar refractivity (Wildman–Crippen MR) is 77.0 cm³/mol. The molecule has 0 unspecified atom stereocenters. The zero-order valence-corrected chi connectivity index (χ0v) is 11.8. The molecule has 0 saturated heterocycles. The number of benzene rings is 1. The lowest BCUT2D eigenvalue weighted by atomic mass is 10.0. The lowest BCUT2D eigenvalue weighted by molar-refractivity contribution is 0.0953. The van der Waals surface area contributed by atoms with Crippen LogP contribution < -0.4 is 5.32 Å². The molecule has 1 N–H and O–H groups in total. The summed E-state index contributed by atoms with van der Waals surface area (Å²) in [4.78, 5) is 11.8. The Morgan fingerprint density at radius 3 is 2.33 bits per heavy atom. The maximum atomic E-state index is 11.8. The molecule has 0 aliphatic rings.